The number of fused-ring (bicyclic) bond motifs is 4. The lowest BCUT2D eigenvalue weighted by molar-refractivity contribution is -0.138. The summed E-state index contributed by atoms with van der Waals surface area (Å²) < 4.78 is 71.7. The predicted molar refractivity (Wildman–Crippen MR) is 284 cm³/mol. The summed E-state index contributed by atoms with van der Waals surface area (Å²) in [7, 11) is -1.30. The molecule has 21 nitrogen and oxygen atoms in total. The highest BCUT2D eigenvalue weighted by atomic mass is 28.3. The lowest BCUT2D eigenvalue weighted by Crippen LogP contribution is -2.40. The van der Waals surface area contributed by atoms with Crippen molar-refractivity contribution < 1.29 is 61.2 Å². The first-order valence-corrected chi connectivity index (χ1v) is 28.6. The molecule has 0 aliphatic heterocycles. The number of alkyl halides is 4. The molecule has 26 heteroatoms. The molecule has 6 aromatic heterocycles. The molecule has 0 aliphatic carbocycles. The molecular formula is C52H62F4N12O9Si. The number of halogens is 4. The van der Waals surface area contributed by atoms with Gasteiger partial charge in [0.15, 0.2) is 11.3 Å². The van der Waals surface area contributed by atoms with E-state index >= 15 is 0 Å². The lowest BCUT2D eigenvalue weighted by Gasteiger charge is -2.20. The van der Waals surface area contributed by atoms with E-state index in [-0.39, 0.29) is 56.0 Å². The highest BCUT2D eigenvalue weighted by Gasteiger charge is 2.26. The molecule has 0 saturated carbocycles. The zero-order chi connectivity index (χ0) is 56.9. The van der Waals surface area contributed by atoms with Crippen molar-refractivity contribution in [1.82, 2.24) is 59.7 Å². The summed E-state index contributed by atoms with van der Waals surface area (Å²) in [6.45, 7) is 13.3. The smallest absolute Gasteiger partial charge is 0.387 e. The average Bonchev–Trinajstić information content (AvgIpc) is 4.17. The molecule has 8 rings (SSSR count). The van der Waals surface area contributed by atoms with Gasteiger partial charge in [-0.3, -0.25) is 28.5 Å². The lowest BCUT2D eigenvalue weighted by atomic mass is 10.1. The van der Waals surface area contributed by atoms with Crippen LogP contribution in [0.15, 0.2) is 61.2 Å². The van der Waals surface area contributed by atoms with Gasteiger partial charge in [-0.1, -0.05) is 19.6 Å². The zero-order valence-electron chi connectivity index (χ0n) is 44.6. The van der Waals surface area contributed by atoms with Crippen molar-refractivity contribution in [1.29, 1.82) is 0 Å². The number of ether oxygens (including phenoxy) is 3. The first-order valence-electron chi connectivity index (χ1n) is 24.9. The molecular weight excluding hydrogens is 1040 g/mol. The molecule has 2 amide bonds. The summed E-state index contributed by atoms with van der Waals surface area (Å²) in [5, 5.41) is 34.1. The summed E-state index contributed by atoms with van der Waals surface area (Å²) in [5.74, 6) is -2.64. The van der Waals surface area contributed by atoms with Gasteiger partial charge in [-0.05, 0) is 96.8 Å². The molecule has 0 saturated heterocycles. The summed E-state index contributed by atoms with van der Waals surface area (Å²) in [6.07, 6.45) is 6.68. The van der Waals surface area contributed by atoms with Crippen LogP contribution in [-0.4, -0.2) is 122 Å². The number of rotatable bonds is 21. The third-order valence-electron chi connectivity index (χ3n) is 11.5. The fraction of sp³-hybridized carbons (Fsp3) is 0.423. The van der Waals surface area contributed by atoms with Crippen LogP contribution in [0.5, 0.6) is 11.5 Å². The Bertz CT molecular complexity index is 3480. The van der Waals surface area contributed by atoms with Crippen molar-refractivity contribution in [2.75, 3.05) is 6.61 Å². The van der Waals surface area contributed by atoms with Crippen LogP contribution in [0.2, 0.25) is 25.7 Å². The van der Waals surface area contributed by atoms with Crippen LogP contribution in [0.3, 0.4) is 0 Å². The number of hydrogen-bond acceptors (Lipinski definition) is 13. The Morgan fingerprint density at radius 3 is 1.67 bits per heavy atom. The number of H-pyrrole nitrogens is 1. The summed E-state index contributed by atoms with van der Waals surface area (Å²) in [4.78, 5) is 69.4. The maximum absolute atomic E-state index is 13.4. The van der Waals surface area contributed by atoms with Crippen molar-refractivity contribution in [3.8, 4) is 34.3 Å². The molecule has 0 fully saturated rings. The highest BCUT2D eigenvalue weighted by Crippen LogP contribution is 2.34. The van der Waals surface area contributed by atoms with Gasteiger partial charge in [0.05, 0.1) is 34.6 Å². The molecule has 0 aliphatic rings. The first kappa shape index (κ1) is 57.7. The Hall–Kier alpha value is -8.00. The molecule has 0 bridgehead atoms. The van der Waals surface area contributed by atoms with Crippen molar-refractivity contribution in [2.45, 2.75) is 137 Å². The Morgan fingerprint density at radius 1 is 0.705 bits per heavy atom. The van der Waals surface area contributed by atoms with Crippen LogP contribution in [0.25, 0.3) is 66.9 Å². The van der Waals surface area contributed by atoms with Crippen LogP contribution < -0.4 is 20.1 Å². The normalized spacial score (nSPS) is 12.2. The molecule has 8 aromatic rings. The SMILES string of the molecule is CC(C)(C)NC(=O)c1c[nH]c2ncc(-c3nn(CCCC(=O)O)c4ccc(OC(F)F)cc34)nc12.CC(C)(C)NC(=O)c1cn(COCC[Si](C)(C)C)c2ncc(-c3nn(CCCC(=O)O)c4ccc(OC(F)F)cc34)nc12. The van der Waals surface area contributed by atoms with Crippen LogP contribution in [0, 0.1) is 0 Å². The van der Waals surface area contributed by atoms with E-state index in [4.69, 9.17) is 19.9 Å². The number of carbonyl (C=O) groups is 4. The summed E-state index contributed by atoms with van der Waals surface area (Å²) in [6, 6.07) is 9.81. The predicted octanol–water partition coefficient (Wildman–Crippen LogP) is 9.72. The molecule has 6 heterocycles. The summed E-state index contributed by atoms with van der Waals surface area (Å²) >= 11 is 0. The van der Waals surface area contributed by atoms with Gasteiger partial charge in [-0.25, -0.2) is 19.9 Å². The number of carboxylic acid groups (broad SMARTS) is 2. The Labute approximate surface area is 445 Å². The number of nitrogens with one attached hydrogen (secondary N) is 3. The number of carbonyl (C=O) groups excluding carboxylic acids is 2. The molecule has 0 unspecified atom stereocenters. The van der Waals surface area contributed by atoms with E-state index < -0.39 is 44.3 Å². The minimum Gasteiger partial charge on any atom is -0.481 e. The Morgan fingerprint density at radius 2 is 1.19 bits per heavy atom. The molecule has 416 valence electrons. The standard InChI is InChI=1S/C29H38F2N6O5Si.C23H24F2N6O4/c1-29(2,3)34-27(40)20-16-36(17-41-12-13-43(4,5)6)26-25(20)33-21(15-32-26)24-19-14-18(42-28(30)31)9-10-22(19)37(35-24)11-7-8-23(38)39;1-23(2,3)29-21(34)14-10-26-20-19(14)28-15(11-27-20)18-13-9-12(35-22(24)25)6-7-16(13)31(30-18)8-4-5-17(32)33/h9-10,14-16,28H,7-8,11-13,17H2,1-6H3,(H,34,40)(H,38,39);6-7,9-11,22H,4-5,8H2,1-3H3,(H,26,27)(H,29,34)(H,32,33). The Kier molecular flexibility index (Phi) is 17.5. The van der Waals surface area contributed by atoms with Gasteiger partial charge in [0, 0.05) is 74.9 Å². The number of nitrogens with zero attached hydrogens (tertiary/aromatic N) is 9. The van der Waals surface area contributed by atoms with Crippen LogP contribution >= 0.6 is 0 Å². The number of aromatic nitrogens is 10. The van der Waals surface area contributed by atoms with Crippen LogP contribution in [0.1, 0.15) is 87.9 Å². The van der Waals surface area contributed by atoms with Gasteiger partial charge in [0.25, 0.3) is 11.8 Å². The molecule has 5 N–H and O–H groups in total. The van der Waals surface area contributed by atoms with Gasteiger partial charge in [-0.2, -0.15) is 27.8 Å². The number of carboxylic acids is 2. The molecule has 2 aromatic carbocycles. The number of amides is 2. The van der Waals surface area contributed by atoms with E-state index in [0.717, 1.165) is 6.04 Å². The number of aromatic amines is 1. The average molecular weight is 1100 g/mol. The zero-order valence-corrected chi connectivity index (χ0v) is 45.6. The van der Waals surface area contributed by atoms with Crippen molar-refractivity contribution in [2.24, 2.45) is 0 Å². The van der Waals surface area contributed by atoms with E-state index in [2.05, 4.69) is 69.9 Å². The van der Waals surface area contributed by atoms with Crippen molar-refractivity contribution in [3.63, 3.8) is 0 Å². The minimum atomic E-state index is -3.01. The van der Waals surface area contributed by atoms with Crippen molar-refractivity contribution >= 4 is 76.0 Å². The fourth-order valence-electron chi connectivity index (χ4n) is 8.11. The van der Waals surface area contributed by atoms with E-state index in [1.54, 1.807) is 32.3 Å². The van der Waals surface area contributed by atoms with Crippen molar-refractivity contribution in [3.05, 3.63) is 72.3 Å². The second-order valence-electron chi connectivity index (χ2n) is 21.6. The van der Waals surface area contributed by atoms with Crippen LogP contribution in [-0.2, 0) is 34.1 Å². The van der Waals surface area contributed by atoms with Gasteiger partial charge in [0.2, 0.25) is 0 Å². The third-order valence-corrected chi connectivity index (χ3v) is 13.2. The number of aliphatic carboxylic acids is 2. The molecule has 78 heavy (non-hydrogen) atoms. The monoisotopic (exact) mass is 1100 g/mol. The van der Waals surface area contributed by atoms with Crippen LogP contribution in [0.4, 0.5) is 17.6 Å². The fourth-order valence-corrected chi connectivity index (χ4v) is 8.87. The number of aryl methyl sites for hydroxylation is 2. The largest absolute Gasteiger partial charge is 0.481 e. The number of hydrogen-bond donors (Lipinski definition) is 5. The molecule has 0 spiro atoms. The highest BCUT2D eigenvalue weighted by molar-refractivity contribution is 6.76. The Balaban J connectivity index is 0.000000231. The van der Waals surface area contributed by atoms with E-state index in [9.17, 15) is 36.7 Å². The van der Waals surface area contributed by atoms with Gasteiger partial charge >= 0.3 is 25.2 Å². The van der Waals surface area contributed by atoms with Gasteiger partial charge < -0.3 is 44.6 Å². The second-order valence-corrected chi connectivity index (χ2v) is 27.2. The van der Waals surface area contributed by atoms with E-state index in [1.807, 2.05) is 41.5 Å². The maximum Gasteiger partial charge on any atom is 0.387 e. The quantitative estimate of drug-likeness (QED) is 0.0255. The first-order chi connectivity index (χ1) is 36.6. The van der Waals surface area contributed by atoms with Gasteiger partial charge in [0.1, 0.15) is 52.0 Å². The molecule has 0 atom stereocenters. The summed E-state index contributed by atoms with van der Waals surface area (Å²) in [5.41, 5.74) is 3.64. The third kappa shape index (κ3) is 14.9. The topological polar surface area (TPSA) is 268 Å². The second kappa shape index (κ2) is 23.7. The van der Waals surface area contributed by atoms with E-state index in [0.29, 0.717) is 97.5 Å². The minimum absolute atomic E-state index is 0.0510. The van der Waals surface area contributed by atoms with E-state index in [1.165, 1.54) is 42.9 Å². The molecule has 0 radical (unpaired) electrons. The maximum atomic E-state index is 13.4. The number of benzene rings is 2. The van der Waals surface area contributed by atoms with Gasteiger partial charge in [-0.15, -0.1) is 0 Å².